The number of nitrogens with zero attached hydrogens (tertiary/aromatic N) is 2. The van der Waals surface area contributed by atoms with Gasteiger partial charge in [-0.1, -0.05) is 6.42 Å². The highest BCUT2D eigenvalue weighted by atomic mass is 19.4. The third-order valence-corrected chi connectivity index (χ3v) is 4.46. The summed E-state index contributed by atoms with van der Waals surface area (Å²) in [6.07, 6.45) is -1.19. The number of carbonyl (C=O) groups is 1. The van der Waals surface area contributed by atoms with Crippen molar-refractivity contribution in [1.29, 1.82) is 0 Å². The smallest absolute Gasteiger partial charge is 0.399 e. The fraction of sp³-hybridized carbons (Fsp3) is 0.471. The largest absolute Gasteiger partial charge is 0.431 e. The molecule has 0 bridgehead atoms. The van der Waals surface area contributed by atoms with Crippen LogP contribution >= 0.6 is 0 Å². The zero-order chi connectivity index (χ0) is 17.3. The van der Waals surface area contributed by atoms with Crippen LogP contribution < -0.4 is 5.73 Å². The molecule has 0 spiro atoms. The lowest BCUT2D eigenvalue weighted by Gasteiger charge is -2.26. The first-order valence-corrected chi connectivity index (χ1v) is 8.10. The molecule has 4 nitrogen and oxygen atoms in total. The summed E-state index contributed by atoms with van der Waals surface area (Å²) in [4.78, 5) is 14.7. The molecular formula is C17H20F3N3O. The quantitative estimate of drug-likeness (QED) is 0.867. The van der Waals surface area contributed by atoms with E-state index in [0.717, 1.165) is 36.6 Å². The van der Waals surface area contributed by atoms with Crippen LogP contribution in [0.2, 0.25) is 0 Å². The van der Waals surface area contributed by atoms with Gasteiger partial charge in [-0.25, -0.2) is 0 Å². The van der Waals surface area contributed by atoms with Crippen molar-refractivity contribution < 1.29 is 18.0 Å². The second-order valence-corrected chi connectivity index (χ2v) is 6.23. The summed E-state index contributed by atoms with van der Waals surface area (Å²) < 4.78 is 40.8. The normalized spacial score (nSPS) is 16.6. The summed E-state index contributed by atoms with van der Waals surface area (Å²) in [7, 11) is 0. The number of nitrogens with two attached hydrogens (primary N) is 1. The molecule has 0 amide bonds. The van der Waals surface area contributed by atoms with Crippen LogP contribution in [0.3, 0.4) is 0 Å². The maximum absolute atomic E-state index is 13.3. The zero-order valence-corrected chi connectivity index (χ0v) is 13.3. The lowest BCUT2D eigenvalue weighted by atomic mass is 10.1. The van der Waals surface area contributed by atoms with Gasteiger partial charge in [0.2, 0.25) is 5.91 Å². The first-order chi connectivity index (χ1) is 11.4. The Labute approximate surface area is 138 Å². The van der Waals surface area contributed by atoms with Gasteiger partial charge in [0.1, 0.15) is 5.69 Å². The second-order valence-electron chi connectivity index (χ2n) is 6.23. The molecule has 1 saturated heterocycles. The average Bonchev–Trinajstić information content (AvgIpc) is 2.92. The predicted molar refractivity (Wildman–Crippen MR) is 86.9 cm³/mol. The molecule has 1 aromatic heterocycles. The number of piperidine rings is 1. The number of nitrogen functional groups attached to an aromatic ring is 1. The maximum atomic E-state index is 13.3. The van der Waals surface area contributed by atoms with E-state index in [1.54, 1.807) is 0 Å². The van der Waals surface area contributed by atoms with Crippen molar-refractivity contribution in [2.75, 3.05) is 25.4 Å². The topological polar surface area (TPSA) is 51.3 Å². The molecule has 0 aliphatic carbocycles. The van der Waals surface area contributed by atoms with Gasteiger partial charge in [0, 0.05) is 24.0 Å². The van der Waals surface area contributed by atoms with Crippen LogP contribution in [-0.4, -0.2) is 35.0 Å². The van der Waals surface area contributed by atoms with Crippen molar-refractivity contribution in [2.24, 2.45) is 0 Å². The Bertz CT molecular complexity index is 745. The van der Waals surface area contributed by atoms with E-state index in [1.807, 2.05) is 0 Å². The number of rotatable bonds is 3. The van der Waals surface area contributed by atoms with Gasteiger partial charge in [-0.2, -0.15) is 13.2 Å². The molecule has 0 unspecified atom stereocenters. The molecule has 7 heteroatoms. The monoisotopic (exact) mass is 339 g/mol. The highest BCUT2D eigenvalue weighted by Crippen LogP contribution is 2.34. The van der Waals surface area contributed by atoms with Crippen molar-refractivity contribution in [3.05, 3.63) is 30.0 Å². The van der Waals surface area contributed by atoms with Gasteiger partial charge in [-0.15, -0.1) is 0 Å². The number of aromatic nitrogens is 1. The molecule has 0 radical (unpaired) electrons. The van der Waals surface area contributed by atoms with Crippen LogP contribution in [0.5, 0.6) is 0 Å². The number of alkyl halides is 3. The molecule has 0 saturated carbocycles. The summed E-state index contributed by atoms with van der Waals surface area (Å²) >= 11 is 0. The van der Waals surface area contributed by atoms with E-state index in [2.05, 4.69) is 4.90 Å². The van der Waals surface area contributed by atoms with Crippen LogP contribution in [0.25, 0.3) is 10.9 Å². The minimum Gasteiger partial charge on any atom is -0.399 e. The van der Waals surface area contributed by atoms with E-state index in [-0.39, 0.29) is 11.9 Å². The van der Waals surface area contributed by atoms with Crippen LogP contribution in [-0.2, 0) is 6.18 Å². The Morgan fingerprint density at radius 2 is 1.83 bits per heavy atom. The summed E-state index contributed by atoms with van der Waals surface area (Å²) in [6, 6.07) is 5.43. The number of benzene rings is 1. The second kappa shape index (κ2) is 6.47. The Hall–Kier alpha value is -2.02. The van der Waals surface area contributed by atoms with Gasteiger partial charge in [0.05, 0.1) is 5.52 Å². The van der Waals surface area contributed by atoms with E-state index >= 15 is 0 Å². The number of fused-ring (bicyclic) bond motifs is 1. The molecular weight excluding hydrogens is 319 g/mol. The third-order valence-electron chi connectivity index (χ3n) is 4.46. The molecule has 2 aromatic rings. The van der Waals surface area contributed by atoms with Crippen LogP contribution in [0.1, 0.15) is 36.2 Å². The summed E-state index contributed by atoms with van der Waals surface area (Å²) in [5.41, 5.74) is 5.32. The Morgan fingerprint density at radius 1 is 1.12 bits per heavy atom. The zero-order valence-electron chi connectivity index (χ0n) is 13.3. The SMILES string of the molecule is Nc1ccc2c(c1)cc(C(F)(F)F)n2C(=O)CCN1CCCCC1. The van der Waals surface area contributed by atoms with Crippen LogP contribution in [0.15, 0.2) is 24.3 Å². The molecule has 1 aromatic carbocycles. The number of carbonyl (C=O) groups excluding carboxylic acids is 1. The Balaban J connectivity index is 1.89. The van der Waals surface area contributed by atoms with Gasteiger partial charge in [-0.3, -0.25) is 9.36 Å². The number of likely N-dealkylation sites (tertiary alicyclic amines) is 1. The van der Waals surface area contributed by atoms with Crippen molar-refractivity contribution in [3.8, 4) is 0 Å². The number of anilines is 1. The first kappa shape index (κ1) is 16.8. The molecule has 2 heterocycles. The molecule has 2 N–H and O–H groups in total. The van der Waals surface area contributed by atoms with E-state index in [4.69, 9.17) is 5.73 Å². The molecule has 3 rings (SSSR count). The predicted octanol–water partition coefficient (Wildman–Crippen LogP) is 3.76. The van der Waals surface area contributed by atoms with E-state index in [9.17, 15) is 18.0 Å². The average molecular weight is 339 g/mol. The summed E-state index contributed by atoms with van der Waals surface area (Å²) in [6.45, 7) is 2.30. The number of hydrogen-bond acceptors (Lipinski definition) is 3. The first-order valence-electron chi connectivity index (χ1n) is 8.10. The standard InChI is InChI=1S/C17H20F3N3O/c18-17(19,20)15-11-12-10-13(21)4-5-14(12)23(15)16(24)6-9-22-7-2-1-3-8-22/h4-5,10-11H,1-3,6-9,21H2. The fourth-order valence-corrected chi connectivity index (χ4v) is 3.26. The minimum absolute atomic E-state index is 0.0667. The summed E-state index contributed by atoms with van der Waals surface area (Å²) in [5, 5.41) is 0.327. The van der Waals surface area contributed by atoms with Crippen molar-refractivity contribution in [3.63, 3.8) is 0 Å². The van der Waals surface area contributed by atoms with Crippen molar-refractivity contribution >= 4 is 22.5 Å². The molecule has 1 aliphatic rings. The van der Waals surface area contributed by atoms with Gasteiger partial charge in [0.25, 0.3) is 0 Å². The maximum Gasteiger partial charge on any atom is 0.431 e. The van der Waals surface area contributed by atoms with Crippen LogP contribution in [0.4, 0.5) is 18.9 Å². The Morgan fingerprint density at radius 3 is 2.50 bits per heavy atom. The fourth-order valence-electron chi connectivity index (χ4n) is 3.26. The van der Waals surface area contributed by atoms with Crippen LogP contribution in [0, 0.1) is 0 Å². The lowest BCUT2D eigenvalue weighted by Crippen LogP contribution is -2.32. The third kappa shape index (κ3) is 3.40. The van der Waals surface area contributed by atoms with Crippen molar-refractivity contribution in [1.82, 2.24) is 9.47 Å². The van der Waals surface area contributed by atoms with Gasteiger partial charge in [-0.05, 0) is 50.2 Å². The molecule has 1 aliphatic heterocycles. The number of halogens is 3. The number of hydrogen-bond donors (Lipinski definition) is 1. The highest BCUT2D eigenvalue weighted by molar-refractivity contribution is 5.95. The van der Waals surface area contributed by atoms with Crippen molar-refractivity contribution in [2.45, 2.75) is 31.9 Å². The lowest BCUT2D eigenvalue weighted by molar-refractivity contribution is -0.142. The highest BCUT2D eigenvalue weighted by Gasteiger charge is 2.37. The van der Waals surface area contributed by atoms with E-state index < -0.39 is 17.8 Å². The Kier molecular flexibility index (Phi) is 4.54. The van der Waals surface area contributed by atoms with Gasteiger partial charge >= 0.3 is 6.18 Å². The molecule has 24 heavy (non-hydrogen) atoms. The molecule has 130 valence electrons. The molecule has 0 atom stereocenters. The van der Waals surface area contributed by atoms with Gasteiger partial charge in [0.15, 0.2) is 0 Å². The van der Waals surface area contributed by atoms with Gasteiger partial charge < -0.3 is 10.6 Å². The molecule has 1 fully saturated rings. The van der Waals surface area contributed by atoms with E-state index in [0.29, 0.717) is 17.6 Å². The minimum atomic E-state index is -4.59. The summed E-state index contributed by atoms with van der Waals surface area (Å²) in [5.74, 6) is -0.535. The van der Waals surface area contributed by atoms with E-state index in [1.165, 1.54) is 24.6 Å².